The number of hydrogen-bond acceptors (Lipinski definition) is 2. The zero-order chi connectivity index (χ0) is 9.68. The Balaban J connectivity index is 2.13. The summed E-state index contributed by atoms with van der Waals surface area (Å²) in [7, 11) is 0. The molecule has 1 fully saturated rings. The lowest BCUT2D eigenvalue weighted by Gasteiger charge is -2.06. The predicted octanol–water partition coefficient (Wildman–Crippen LogP) is 1.19. The highest BCUT2D eigenvalue weighted by molar-refractivity contribution is 5.87. The lowest BCUT2D eigenvalue weighted by Crippen LogP contribution is -2.24. The lowest BCUT2D eigenvalue weighted by molar-refractivity contribution is -0.119. The molecular formula is C10H15NO2. The second-order valence-electron chi connectivity index (χ2n) is 3.39. The van der Waals surface area contributed by atoms with Crippen molar-refractivity contribution in [1.29, 1.82) is 0 Å². The molecule has 13 heavy (non-hydrogen) atoms. The van der Waals surface area contributed by atoms with Gasteiger partial charge in [0.05, 0.1) is 0 Å². The quantitative estimate of drug-likeness (QED) is 0.662. The van der Waals surface area contributed by atoms with Gasteiger partial charge in [-0.15, -0.1) is 0 Å². The summed E-state index contributed by atoms with van der Waals surface area (Å²) in [5.74, 6) is 0.232. The number of carbonyl (C=O) groups excluding carboxylic acids is 2. The Morgan fingerprint density at radius 1 is 1.69 bits per heavy atom. The van der Waals surface area contributed by atoms with Crippen LogP contribution < -0.4 is 5.32 Å². The molecule has 0 aliphatic carbocycles. The Kier molecular flexibility index (Phi) is 3.68. The van der Waals surface area contributed by atoms with Gasteiger partial charge < -0.3 is 5.32 Å². The summed E-state index contributed by atoms with van der Waals surface area (Å²) in [5.41, 5.74) is 0. The Morgan fingerprint density at radius 2 is 2.46 bits per heavy atom. The summed E-state index contributed by atoms with van der Waals surface area (Å²) < 4.78 is 0. The third-order valence-corrected chi connectivity index (χ3v) is 2.12. The minimum absolute atomic E-state index is 0.0791. The first-order valence-corrected chi connectivity index (χ1v) is 4.65. The van der Waals surface area contributed by atoms with Gasteiger partial charge in [-0.2, -0.15) is 0 Å². The molecule has 0 unspecified atom stereocenters. The molecule has 0 aromatic heterocycles. The van der Waals surface area contributed by atoms with Gasteiger partial charge in [0.2, 0.25) is 5.91 Å². The zero-order valence-corrected chi connectivity index (χ0v) is 7.88. The van der Waals surface area contributed by atoms with Crippen molar-refractivity contribution in [1.82, 2.24) is 5.32 Å². The first-order valence-electron chi connectivity index (χ1n) is 4.65. The van der Waals surface area contributed by atoms with Crippen LogP contribution in [0.1, 0.15) is 32.6 Å². The van der Waals surface area contributed by atoms with Gasteiger partial charge in [-0.25, -0.2) is 0 Å². The van der Waals surface area contributed by atoms with E-state index in [2.05, 4.69) is 5.32 Å². The highest BCUT2D eigenvalue weighted by Gasteiger charge is 2.19. The minimum Gasteiger partial charge on any atom is -0.353 e. The van der Waals surface area contributed by atoms with Gasteiger partial charge in [0.15, 0.2) is 5.78 Å². The third-order valence-electron chi connectivity index (χ3n) is 2.12. The van der Waals surface area contributed by atoms with Crippen LogP contribution in [0.4, 0.5) is 0 Å². The van der Waals surface area contributed by atoms with E-state index in [0.717, 1.165) is 19.3 Å². The summed E-state index contributed by atoms with van der Waals surface area (Å²) >= 11 is 0. The Labute approximate surface area is 78.2 Å². The summed E-state index contributed by atoms with van der Waals surface area (Å²) in [6.45, 7) is 1.54. The Bertz CT molecular complexity index is 233. The topological polar surface area (TPSA) is 46.2 Å². The van der Waals surface area contributed by atoms with Gasteiger partial charge in [-0.1, -0.05) is 6.08 Å². The molecule has 0 aromatic rings. The maximum absolute atomic E-state index is 10.8. The fourth-order valence-corrected chi connectivity index (χ4v) is 1.44. The number of hydrogen-bond donors (Lipinski definition) is 1. The standard InChI is InChI=1S/C10H15NO2/c1-8(12)4-2-3-5-9-6-7-10(13)11-9/h2,4,9H,3,5-7H2,1H3,(H,11,13)/b4-2+/t9-/m1/s1. The molecule has 1 rings (SSSR count). The fraction of sp³-hybridized carbons (Fsp3) is 0.600. The zero-order valence-electron chi connectivity index (χ0n) is 7.88. The first-order chi connectivity index (χ1) is 6.18. The van der Waals surface area contributed by atoms with Crippen LogP contribution in [0.3, 0.4) is 0 Å². The van der Waals surface area contributed by atoms with Crippen LogP contribution in [0.2, 0.25) is 0 Å². The molecule has 0 aromatic carbocycles. The van der Waals surface area contributed by atoms with E-state index in [0.29, 0.717) is 12.5 Å². The van der Waals surface area contributed by atoms with E-state index < -0.39 is 0 Å². The van der Waals surface area contributed by atoms with Gasteiger partial charge in [-0.3, -0.25) is 9.59 Å². The Morgan fingerprint density at radius 3 is 3.00 bits per heavy atom. The summed E-state index contributed by atoms with van der Waals surface area (Å²) in [4.78, 5) is 21.3. The van der Waals surface area contributed by atoms with Crippen LogP contribution in [0.5, 0.6) is 0 Å². The normalized spacial score (nSPS) is 22.2. The highest BCUT2D eigenvalue weighted by atomic mass is 16.2. The second kappa shape index (κ2) is 4.80. The number of ketones is 1. The van der Waals surface area contributed by atoms with Crippen LogP contribution >= 0.6 is 0 Å². The predicted molar refractivity (Wildman–Crippen MR) is 50.2 cm³/mol. The van der Waals surface area contributed by atoms with E-state index >= 15 is 0 Å². The number of nitrogens with one attached hydrogen (secondary N) is 1. The monoisotopic (exact) mass is 181 g/mol. The Hall–Kier alpha value is -1.12. The molecule has 1 aliphatic heterocycles. The van der Waals surface area contributed by atoms with E-state index in [-0.39, 0.29) is 11.7 Å². The lowest BCUT2D eigenvalue weighted by atomic mass is 10.1. The number of amides is 1. The molecule has 3 nitrogen and oxygen atoms in total. The molecule has 0 bridgehead atoms. The largest absolute Gasteiger partial charge is 0.353 e. The van der Waals surface area contributed by atoms with Crippen molar-refractivity contribution in [3.05, 3.63) is 12.2 Å². The molecule has 1 heterocycles. The van der Waals surface area contributed by atoms with Crippen molar-refractivity contribution in [3.63, 3.8) is 0 Å². The van der Waals surface area contributed by atoms with Crippen LogP contribution in [-0.4, -0.2) is 17.7 Å². The van der Waals surface area contributed by atoms with E-state index in [9.17, 15) is 9.59 Å². The molecule has 1 saturated heterocycles. The number of carbonyl (C=O) groups is 2. The van der Waals surface area contributed by atoms with Gasteiger partial charge in [-0.05, 0) is 32.3 Å². The van der Waals surface area contributed by atoms with Crippen molar-refractivity contribution in [3.8, 4) is 0 Å². The molecule has 72 valence electrons. The SMILES string of the molecule is CC(=O)/C=C/CC[C@@H]1CCC(=O)N1. The maximum atomic E-state index is 10.8. The summed E-state index contributed by atoms with van der Waals surface area (Å²) in [6.07, 6.45) is 6.84. The molecule has 1 atom stereocenters. The second-order valence-corrected chi connectivity index (χ2v) is 3.39. The van der Waals surface area contributed by atoms with E-state index in [1.165, 1.54) is 6.92 Å². The fourth-order valence-electron chi connectivity index (χ4n) is 1.44. The maximum Gasteiger partial charge on any atom is 0.220 e. The van der Waals surface area contributed by atoms with Crippen LogP contribution in [-0.2, 0) is 9.59 Å². The molecule has 0 radical (unpaired) electrons. The molecule has 1 aliphatic rings. The van der Waals surface area contributed by atoms with Gasteiger partial charge in [0, 0.05) is 12.5 Å². The number of allylic oxidation sites excluding steroid dienone is 2. The molecule has 0 saturated carbocycles. The molecular weight excluding hydrogens is 166 g/mol. The van der Waals surface area contributed by atoms with Crippen molar-refractivity contribution in [2.24, 2.45) is 0 Å². The number of rotatable bonds is 4. The van der Waals surface area contributed by atoms with Crippen molar-refractivity contribution in [2.75, 3.05) is 0 Å². The molecule has 3 heteroatoms. The molecule has 0 spiro atoms. The van der Waals surface area contributed by atoms with E-state index in [1.807, 2.05) is 6.08 Å². The molecule has 1 N–H and O–H groups in total. The van der Waals surface area contributed by atoms with Crippen LogP contribution in [0.15, 0.2) is 12.2 Å². The first kappa shape index (κ1) is 9.96. The van der Waals surface area contributed by atoms with E-state index in [1.54, 1.807) is 6.08 Å². The van der Waals surface area contributed by atoms with E-state index in [4.69, 9.17) is 0 Å². The van der Waals surface area contributed by atoms with Gasteiger partial charge >= 0.3 is 0 Å². The molecule has 1 amide bonds. The summed E-state index contributed by atoms with van der Waals surface area (Å²) in [6, 6.07) is 0.323. The smallest absolute Gasteiger partial charge is 0.220 e. The minimum atomic E-state index is 0.0791. The van der Waals surface area contributed by atoms with Crippen molar-refractivity contribution in [2.45, 2.75) is 38.6 Å². The third kappa shape index (κ3) is 3.87. The van der Waals surface area contributed by atoms with Crippen LogP contribution in [0.25, 0.3) is 0 Å². The van der Waals surface area contributed by atoms with Crippen LogP contribution in [0, 0.1) is 0 Å². The van der Waals surface area contributed by atoms with Crippen molar-refractivity contribution >= 4 is 11.7 Å². The van der Waals surface area contributed by atoms with Crippen molar-refractivity contribution < 1.29 is 9.59 Å². The average Bonchev–Trinajstić information content (AvgIpc) is 2.45. The summed E-state index contributed by atoms with van der Waals surface area (Å²) in [5, 5.41) is 2.88. The highest BCUT2D eigenvalue weighted by Crippen LogP contribution is 2.11. The van der Waals surface area contributed by atoms with Gasteiger partial charge in [0.25, 0.3) is 0 Å². The average molecular weight is 181 g/mol. The van der Waals surface area contributed by atoms with Gasteiger partial charge in [0.1, 0.15) is 0 Å².